The van der Waals surface area contributed by atoms with Crippen LogP contribution in [0.3, 0.4) is 0 Å². The van der Waals surface area contributed by atoms with E-state index in [4.69, 9.17) is 0 Å². The number of hydrogen-bond acceptors (Lipinski definition) is 2. The molecule has 0 saturated heterocycles. The fraction of sp³-hybridized carbons (Fsp3) is 1.00. The van der Waals surface area contributed by atoms with Crippen molar-refractivity contribution in [1.29, 1.82) is 0 Å². The first kappa shape index (κ1) is 16.0. The van der Waals surface area contributed by atoms with Gasteiger partial charge < -0.3 is 5.11 Å². The molecule has 0 spiro atoms. The fourth-order valence-corrected chi connectivity index (χ4v) is 2.89. The molecule has 0 aromatic heterocycles. The third-order valence-electron chi connectivity index (χ3n) is 4.17. The van der Waals surface area contributed by atoms with Crippen LogP contribution in [0, 0.1) is 0 Å². The highest BCUT2D eigenvalue weighted by Crippen LogP contribution is 2.25. The highest BCUT2D eigenvalue weighted by atomic mass is 16.3. The van der Waals surface area contributed by atoms with Crippen molar-refractivity contribution in [1.82, 2.24) is 5.32 Å². The van der Waals surface area contributed by atoms with Gasteiger partial charge in [0.1, 0.15) is 5.72 Å². The highest BCUT2D eigenvalue weighted by Gasteiger charge is 2.27. The first-order chi connectivity index (χ1) is 8.77. The van der Waals surface area contributed by atoms with Gasteiger partial charge in [0.25, 0.3) is 0 Å². The van der Waals surface area contributed by atoms with Gasteiger partial charge in [-0.05, 0) is 38.6 Å². The summed E-state index contributed by atoms with van der Waals surface area (Å²) in [5.74, 6) is 0. The number of rotatable bonds is 10. The van der Waals surface area contributed by atoms with Crippen LogP contribution in [0.25, 0.3) is 0 Å². The number of hydrogen-bond donors (Lipinski definition) is 2. The summed E-state index contributed by atoms with van der Waals surface area (Å²) < 4.78 is 0. The van der Waals surface area contributed by atoms with E-state index in [0.717, 1.165) is 19.4 Å². The zero-order valence-corrected chi connectivity index (χ0v) is 12.3. The lowest BCUT2D eigenvalue weighted by Gasteiger charge is -2.33. The molecule has 0 aromatic carbocycles. The predicted octanol–water partition coefficient (Wildman–Crippen LogP) is 4.37. The van der Waals surface area contributed by atoms with Gasteiger partial charge in [-0.25, -0.2) is 0 Å². The molecule has 0 unspecified atom stereocenters. The van der Waals surface area contributed by atoms with Crippen LogP contribution in [0.15, 0.2) is 0 Å². The van der Waals surface area contributed by atoms with E-state index < -0.39 is 5.72 Å². The largest absolute Gasteiger partial charge is 0.376 e. The van der Waals surface area contributed by atoms with Gasteiger partial charge in [-0.15, -0.1) is 0 Å². The molecule has 1 aliphatic rings. The van der Waals surface area contributed by atoms with E-state index in [2.05, 4.69) is 12.2 Å². The van der Waals surface area contributed by atoms with Crippen LogP contribution in [-0.4, -0.2) is 17.4 Å². The quantitative estimate of drug-likeness (QED) is 0.449. The summed E-state index contributed by atoms with van der Waals surface area (Å²) in [6.45, 7) is 3.26. The van der Waals surface area contributed by atoms with Crippen molar-refractivity contribution in [3.63, 3.8) is 0 Å². The standard InChI is InChI=1S/C16H33NO/c1-2-3-4-5-6-7-8-12-15-17-16(18)13-10-9-11-14-16/h17-18H,2-15H2,1H3. The van der Waals surface area contributed by atoms with Crippen molar-refractivity contribution < 1.29 is 5.11 Å². The van der Waals surface area contributed by atoms with Gasteiger partial charge >= 0.3 is 0 Å². The van der Waals surface area contributed by atoms with Gasteiger partial charge in [-0.3, -0.25) is 5.32 Å². The molecule has 1 fully saturated rings. The number of aliphatic hydroxyl groups is 1. The molecule has 0 aliphatic heterocycles. The Morgan fingerprint density at radius 3 is 2.00 bits per heavy atom. The van der Waals surface area contributed by atoms with E-state index in [0.29, 0.717) is 0 Å². The van der Waals surface area contributed by atoms with Crippen molar-refractivity contribution in [2.24, 2.45) is 0 Å². The van der Waals surface area contributed by atoms with Gasteiger partial charge in [-0.2, -0.15) is 0 Å². The van der Waals surface area contributed by atoms with Crippen LogP contribution in [0.1, 0.15) is 90.4 Å². The minimum absolute atomic E-state index is 0.528. The van der Waals surface area contributed by atoms with E-state index in [1.807, 2.05) is 0 Å². The van der Waals surface area contributed by atoms with Gasteiger partial charge in [0.2, 0.25) is 0 Å². The summed E-state index contributed by atoms with van der Waals surface area (Å²) in [7, 11) is 0. The Labute approximate surface area is 114 Å². The van der Waals surface area contributed by atoms with Crippen molar-refractivity contribution in [3.05, 3.63) is 0 Å². The first-order valence-electron chi connectivity index (χ1n) is 8.24. The predicted molar refractivity (Wildman–Crippen MR) is 78.6 cm³/mol. The molecule has 0 heterocycles. The monoisotopic (exact) mass is 255 g/mol. The topological polar surface area (TPSA) is 32.3 Å². The molecule has 108 valence electrons. The molecule has 1 aliphatic carbocycles. The van der Waals surface area contributed by atoms with E-state index in [1.165, 1.54) is 70.6 Å². The summed E-state index contributed by atoms with van der Waals surface area (Å²) in [4.78, 5) is 0. The average Bonchev–Trinajstić information content (AvgIpc) is 2.38. The van der Waals surface area contributed by atoms with Crippen LogP contribution >= 0.6 is 0 Å². The summed E-state index contributed by atoms with van der Waals surface area (Å²) in [5, 5.41) is 13.6. The molecule has 0 radical (unpaired) electrons. The molecule has 2 heteroatoms. The SMILES string of the molecule is CCCCCCCCCCNC1(O)CCCCC1. The van der Waals surface area contributed by atoms with E-state index >= 15 is 0 Å². The molecule has 2 nitrogen and oxygen atoms in total. The summed E-state index contributed by atoms with van der Waals surface area (Å²) >= 11 is 0. The maximum absolute atomic E-state index is 10.3. The summed E-state index contributed by atoms with van der Waals surface area (Å²) in [6.07, 6.45) is 16.4. The van der Waals surface area contributed by atoms with E-state index in [-0.39, 0.29) is 0 Å². The average molecular weight is 255 g/mol. The Morgan fingerprint density at radius 2 is 1.39 bits per heavy atom. The Kier molecular flexibility index (Phi) is 8.70. The van der Waals surface area contributed by atoms with Crippen LogP contribution < -0.4 is 5.32 Å². The first-order valence-corrected chi connectivity index (χ1v) is 8.24. The van der Waals surface area contributed by atoms with Gasteiger partial charge in [0.15, 0.2) is 0 Å². The number of nitrogens with one attached hydrogen (secondary N) is 1. The minimum atomic E-state index is -0.528. The second-order valence-electron chi connectivity index (χ2n) is 5.99. The van der Waals surface area contributed by atoms with Crippen LogP contribution in [0.5, 0.6) is 0 Å². The van der Waals surface area contributed by atoms with Crippen molar-refractivity contribution in [2.45, 2.75) is 96.1 Å². The van der Waals surface area contributed by atoms with Crippen molar-refractivity contribution in [2.75, 3.05) is 6.54 Å². The second kappa shape index (κ2) is 9.80. The Bertz CT molecular complexity index is 188. The normalized spacial score (nSPS) is 19.0. The maximum atomic E-state index is 10.3. The maximum Gasteiger partial charge on any atom is 0.116 e. The lowest BCUT2D eigenvalue weighted by Crippen LogP contribution is -2.46. The van der Waals surface area contributed by atoms with Crippen molar-refractivity contribution >= 4 is 0 Å². The Balaban J connectivity index is 1.86. The molecule has 0 aromatic rings. The lowest BCUT2D eigenvalue weighted by molar-refractivity contribution is -0.0278. The second-order valence-corrected chi connectivity index (χ2v) is 5.99. The van der Waals surface area contributed by atoms with E-state index in [9.17, 15) is 5.11 Å². The molecule has 0 amide bonds. The molecule has 1 saturated carbocycles. The molecular formula is C16H33NO. The molecule has 0 atom stereocenters. The van der Waals surface area contributed by atoms with Crippen molar-refractivity contribution in [3.8, 4) is 0 Å². The zero-order valence-electron chi connectivity index (χ0n) is 12.3. The number of unbranched alkanes of at least 4 members (excludes halogenated alkanes) is 7. The van der Waals surface area contributed by atoms with E-state index in [1.54, 1.807) is 0 Å². The Morgan fingerprint density at radius 1 is 0.833 bits per heavy atom. The van der Waals surface area contributed by atoms with Gasteiger partial charge in [-0.1, -0.05) is 58.3 Å². The molecule has 1 rings (SSSR count). The van der Waals surface area contributed by atoms with Gasteiger partial charge in [0, 0.05) is 0 Å². The zero-order chi connectivity index (χ0) is 13.1. The third kappa shape index (κ3) is 7.38. The smallest absolute Gasteiger partial charge is 0.116 e. The lowest BCUT2D eigenvalue weighted by atomic mass is 9.91. The molecular weight excluding hydrogens is 222 g/mol. The minimum Gasteiger partial charge on any atom is -0.376 e. The Hall–Kier alpha value is -0.0800. The summed E-state index contributed by atoms with van der Waals surface area (Å²) in [6, 6.07) is 0. The van der Waals surface area contributed by atoms with Crippen LogP contribution in [0.2, 0.25) is 0 Å². The third-order valence-corrected chi connectivity index (χ3v) is 4.17. The summed E-state index contributed by atoms with van der Waals surface area (Å²) in [5.41, 5.74) is -0.528. The highest BCUT2D eigenvalue weighted by molar-refractivity contribution is 4.79. The fourth-order valence-electron chi connectivity index (χ4n) is 2.89. The molecule has 0 bridgehead atoms. The van der Waals surface area contributed by atoms with Crippen LogP contribution in [0.4, 0.5) is 0 Å². The molecule has 2 N–H and O–H groups in total. The van der Waals surface area contributed by atoms with Gasteiger partial charge in [0.05, 0.1) is 0 Å². The molecule has 18 heavy (non-hydrogen) atoms. The van der Waals surface area contributed by atoms with Crippen LogP contribution in [-0.2, 0) is 0 Å².